The molecule has 1 aromatic rings. The molecule has 1 heterocycles. The molecule has 0 aromatic heterocycles. The van der Waals surface area contributed by atoms with Crippen molar-refractivity contribution >= 4 is 5.91 Å². The Hall–Kier alpha value is -1.55. The summed E-state index contributed by atoms with van der Waals surface area (Å²) < 4.78 is 5.13. The lowest BCUT2D eigenvalue weighted by molar-refractivity contribution is -0.121. The highest BCUT2D eigenvalue weighted by Gasteiger charge is 2.45. The normalized spacial score (nSPS) is 25.4. The molecule has 4 nitrogen and oxygen atoms in total. The van der Waals surface area contributed by atoms with E-state index >= 15 is 0 Å². The van der Waals surface area contributed by atoms with Crippen LogP contribution in [0.1, 0.15) is 37.3 Å². The minimum atomic E-state index is -0.228. The van der Waals surface area contributed by atoms with Crippen LogP contribution in [-0.2, 0) is 4.79 Å². The predicted octanol–water partition coefficient (Wildman–Crippen LogP) is 1.73. The highest BCUT2D eigenvalue weighted by Crippen LogP contribution is 2.34. The van der Waals surface area contributed by atoms with Gasteiger partial charge in [0.05, 0.1) is 12.8 Å². The molecular weight excluding hydrogens is 228 g/mol. The molecule has 0 bridgehead atoms. The smallest absolute Gasteiger partial charge is 0.243 e. The summed E-state index contributed by atoms with van der Waals surface area (Å²) in [5.74, 6) is 0.898. The zero-order chi connectivity index (χ0) is 12.6. The van der Waals surface area contributed by atoms with Crippen LogP contribution in [0.15, 0.2) is 24.3 Å². The van der Waals surface area contributed by atoms with Crippen molar-refractivity contribution in [3.8, 4) is 5.75 Å². The molecule has 1 aliphatic carbocycles. The van der Waals surface area contributed by atoms with Gasteiger partial charge in [0.2, 0.25) is 5.91 Å². The van der Waals surface area contributed by atoms with Gasteiger partial charge in [0.1, 0.15) is 11.8 Å². The molecule has 1 atom stereocenters. The van der Waals surface area contributed by atoms with Gasteiger partial charge in [0.15, 0.2) is 0 Å². The molecule has 2 aliphatic rings. The van der Waals surface area contributed by atoms with E-state index in [-0.39, 0.29) is 17.6 Å². The van der Waals surface area contributed by atoms with Crippen LogP contribution in [0.4, 0.5) is 0 Å². The van der Waals surface area contributed by atoms with Gasteiger partial charge in [-0.25, -0.2) is 0 Å². The summed E-state index contributed by atoms with van der Waals surface area (Å²) in [6.45, 7) is 0. The monoisotopic (exact) mass is 246 g/mol. The summed E-state index contributed by atoms with van der Waals surface area (Å²) in [5, 5.41) is 6.59. The van der Waals surface area contributed by atoms with Crippen LogP contribution in [0.3, 0.4) is 0 Å². The first kappa shape index (κ1) is 11.5. The van der Waals surface area contributed by atoms with E-state index in [0.717, 1.165) is 24.2 Å². The third kappa shape index (κ3) is 1.86. The fourth-order valence-electron chi connectivity index (χ4n) is 2.96. The fraction of sp³-hybridized carbons (Fsp3) is 0.500. The van der Waals surface area contributed by atoms with Gasteiger partial charge in [0, 0.05) is 0 Å². The molecule has 96 valence electrons. The zero-order valence-electron chi connectivity index (χ0n) is 10.5. The van der Waals surface area contributed by atoms with Gasteiger partial charge in [-0.3, -0.25) is 10.1 Å². The molecule has 1 saturated carbocycles. The second kappa shape index (κ2) is 4.28. The lowest BCUT2D eigenvalue weighted by Crippen LogP contribution is -2.46. The predicted molar refractivity (Wildman–Crippen MR) is 68.2 cm³/mol. The SMILES string of the molecule is COc1ccc(C2NC3(CCCC3)NC2=O)cc1. The van der Waals surface area contributed by atoms with Crippen molar-refractivity contribution in [2.45, 2.75) is 37.4 Å². The van der Waals surface area contributed by atoms with E-state index < -0.39 is 0 Å². The maximum atomic E-state index is 12.1. The van der Waals surface area contributed by atoms with Crippen molar-refractivity contribution in [3.63, 3.8) is 0 Å². The highest BCUT2D eigenvalue weighted by atomic mass is 16.5. The number of benzene rings is 1. The van der Waals surface area contributed by atoms with Crippen LogP contribution in [0.5, 0.6) is 5.75 Å². The molecule has 1 saturated heterocycles. The van der Waals surface area contributed by atoms with E-state index in [0.29, 0.717) is 0 Å². The van der Waals surface area contributed by atoms with E-state index in [1.54, 1.807) is 7.11 Å². The van der Waals surface area contributed by atoms with Crippen LogP contribution in [0.25, 0.3) is 0 Å². The summed E-state index contributed by atoms with van der Waals surface area (Å²) in [6, 6.07) is 7.45. The Morgan fingerprint density at radius 2 is 1.89 bits per heavy atom. The van der Waals surface area contributed by atoms with Gasteiger partial charge in [-0.05, 0) is 43.4 Å². The van der Waals surface area contributed by atoms with Gasteiger partial charge in [-0.1, -0.05) is 12.1 Å². The number of amides is 1. The Morgan fingerprint density at radius 3 is 2.50 bits per heavy atom. The Labute approximate surface area is 107 Å². The molecule has 2 N–H and O–H groups in total. The van der Waals surface area contributed by atoms with E-state index in [4.69, 9.17) is 4.74 Å². The Bertz CT molecular complexity index is 449. The Balaban J connectivity index is 1.81. The van der Waals surface area contributed by atoms with Crippen LogP contribution < -0.4 is 15.4 Å². The summed E-state index contributed by atoms with van der Waals surface area (Å²) in [6.07, 6.45) is 4.43. The topological polar surface area (TPSA) is 50.4 Å². The number of methoxy groups -OCH3 is 1. The van der Waals surface area contributed by atoms with Gasteiger partial charge in [-0.2, -0.15) is 0 Å². The highest BCUT2D eigenvalue weighted by molar-refractivity contribution is 5.86. The summed E-state index contributed by atoms with van der Waals surface area (Å²) in [7, 11) is 1.64. The first-order valence-corrected chi connectivity index (χ1v) is 6.46. The molecule has 4 heteroatoms. The average molecular weight is 246 g/mol. The standard InChI is InChI=1S/C14H18N2O2/c1-18-11-6-4-10(5-7-11)12-13(17)16-14(15-12)8-2-3-9-14/h4-7,12,15H,2-3,8-9H2,1H3,(H,16,17). The third-order valence-electron chi connectivity index (χ3n) is 3.95. The number of hydrogen-bond acceptors (Lipinski definition) is 3. The molecule has 1 amide bonds. The second-order valence-corrected chi connectivity index (χ2v) is 5.13. The first-order valence-electron chi connectivity index (χ1n) is 6.46. The minimum Gasteiger partial charge on any atom is -0.497 e. The van der Waals surface area contributed by atoms with Gasteiger partial charge >= 0.3 is 0 Å². The molecule has 1 aliphatic heterocycles. The van der Waals surface area contributed by atoms with Gasteiger partial charge in [-0.15, -0.1) is 0 Å². The number of rotatable bonds is 2. The molecule has 2 fully saturated rings. The minimum absolute atomic E-state index is 0.0852. The van der Waals surface area contributed by atoms with E-state index in [1.165, 1.54) is 12.8 Å². The average Bonchev–Trinajstić information content (AvgIpc) is 2.97. The van der Waals surface area contributed by atoms with Gasteiger partial charge < -0.3 is 10.1 Å². The summed E-state index contributed by atoms with van der Waals surface area (Å²) in [5.41, 5.74) is 0.846. The van der Waals surface area contributed by atoms with Crippen LogP contribution in [0.2, 0.25) is 0 Å². The van der Waals surface area contributed by atoms with Crippen LogP contribution in [0, 0.1) is 0 Å². The lowest BCUT2D eigenvalue weighted by Gasteiger charge is -2.23. The number of ether oxygens (including phenoxy) is 1. The van der Waals surface area contributed by atoms with Crippen molar-refractivity contribution in [2.24, 2.45) is 0 Å². The van der Waals surface area contributed by atoms with Crippen molar-refractivity contribution in [1.29, 1.82) is 0 Å². The molecule has 18 heavy (non-hydrogen) atoms. The van der Waals surface area contributed by atoms with Crippen LogP contribution >= 0.6 is 0 Å². The zero-order valence-corrected chi connectivity index (χ0v) is 10.5. The van der Waals surface area contributed by atoms with E-state index in [1.807, 2.05) is 24.3 Å². The summed E-state index contributed by atoms with van der Waals surface area (Å²) >= 11 is 0. The number of carbonyl (C=O) groups excluding carboxylic acids is 1. The number of carbonyl (C=O) groups is 1. The van der Waals surface area contributed by atoms with E-state index in [2.05, 4.69) is 10.6 Å². The molecule has 3 rings (SSSR count). The Morgan fingerprint density at radius 1 is 1.22 bits per heavy atom. The lowest BCUT2D eigenvalue weighted by atomic mass is 10.1. The molecule has 1 spiro atoms. The molecular formula is C14H18N2O2. The largest absolute Gasteiger partial charge is 0.497 e. The van der Waals surface area contributed by atoms with Gasteiger partial charge in [0.25, 0.3) is 0 Å². The van der Waals surface area contributed by atoms with Crippen molar-refractivity contribution < 1.29 is 9.53 Å². The quantitative estimate of drug-likeness (QED) is 0.835. The van der Waals surface area contributed by atoms with Crippen LogP contribution in [-0.4, -0.2) is 18.7 Å². The Kier molecular flexibility index (Phi) is 2.74. The second-order valence-electron chi connectivity index (χ2n) is 5.13. The number of hydrogen-bond donors (Lipinski definition) is 2. The third-order valence-corrected chi connectivity index (χ3v) is 3.95. The first-order chi connectivity index (χ1) is 8.72. The maximum absolute atomic E-state index is 12.1. The van der Waals surface area contributed by atoms with Crippen molar-refractivity contribution in [1.82, 2.24) is 10.6 Å². The molecule has 0 radical (unpaired) electrons. The maximum Gasteiger partial charge on any atom is 0.243 e. The van der Waals surface area contributed by atoms with Crippen molar-refractivity contribution in [2.75, 3.05) is 7.11 Å². The molecule has 1 aromatic carbocycles. The van der Waals surface area contributed by atoms with Crippen molar-refractivity contribution in [3.05, 3.63) is 29.8 Å². The number of nitrogens with one attached hydrogen (secondary N) is 2. The fourth-order valence-corrected chi connectivity index (χ4v) is 2.96. The molecule has 1 unspecified atom stereocenters. The summed E-state index contributed by atoms with van der Waals surface area (Å²) in [4.78, 5) is 12.1. The van der Waals surface area contributed by atoms with E-state index in [9.17, 15) is 4.79 Å².